The van der Waals surface area contributed by atoms with E-state index in [9.17, 15) is 9.18 Å². The number of benzene rings is 1. The second kappa shape index (κ2) is 17.4. The van der Waals surface area contributed by atoms with Crippen LogP contribution in [0, 0.1) is 11.7 Å². The average molecular weight is 457 g/mol. The van der Waals surface area contributed by atoms with Crippen LogP contribution in [0.5, 0.6) is 0 Å². The van der Waals surface area contributed by atoms with Gasteiger partial charge in [-0.15, -0.1) is 0 Å². The van der Waals surface area contributed by atoms with Crippen LogP contribution in [0.15, 0.2) is 18.2 Å². The number of hydrogen-bond donors (Lipinski definition) is 0. The van der Waals surface area contributed by atoms with E-state index in [0.29, 0.717) is 23.2 Å². The van der Waals surface area contributed by atoms with Gasteiger partial charge in [0.2, 0.25) is 5.91 Å². The highest BCUT2D eigenvalue weighted by atomic mass is 35.5. The molecule has 0 N–H and O–H groups in total. The molecule has 1 saturated carbocycles. The van der Waals surface area contributed by atoms with Crippen molar-refractivity contribution >= 4 is 17.5 Å². The maximum absolute atomic E-state index is 13.1. The van der Waals surface area contributed by atoms with E-state index in [2.05, 4.69) is 18.9 Å². The van der Waals surface area contributed by atoms with E-state index >= 15 is 0 Å². The summed E-state index contributed by atoms with van der Waals surface area (Å²) in [7, 11) is 2.10. The zero-order valence-electron chi connectivity index (χ0n) is 21.0. The molecule has 1 amide bonds. The summed E-state index contributed by atoms with van der Waals surface area (Å²) < 4.78 is 13.1. The van der Waals surface area contributed by atoms with Crippen molar-refractivity contribution in [1.82, 2.24) is 9.80 Å². The van der Waals surface area contributed by atoms with Crippen molar-refractivity contribution in [2.75, 3.05) is 26.7 Å². The van der Waals surface area contributed by atoms with Gasteiger partial charge in [0.05, 0.1) is 6.42 Å². The van der Waals surface area contributed by atoms with Crippen LogP contribution in [0.25, 0.3) is 0 Å². The first-order valence-electron chi connectivity index (χ1n) is 12.4. The summed E-state index contributed by atoms with van der Waals surface area (Å²) in [5, 5.41) is 0.322. The number of likely N-dealkylation sites (tertiary alicyclic amines) is 1. The molecular formula is C26H46ClFN2O. The minimum absolute atomic E-state index is 0.0700. The Bertz CT molecular complexity index is 596. The van der Waals surface area contributed by atoms with Gasteiger partial charge in [0.1, 0.15) is 5.82 Å². The van der Waals surface area contributed by atoms with Crippen LogP contribution in [-0.2, 0) is 11.2 Å². The number of amides is 1. The second-order valence-electron chi connectivity index (χ2n) is 7.83. The van der Waals surface area contributed by atoms with E-state index in [0.717, 1.165) is 31.8 Å². The van der Waals surface area contributed by atoms with Crippen LogP contribution >= 0.6 is 11.6 Å². The maximum Gasteiger partial charge on any atom is 0.227 e. The number of carbonyl (C=O) groups excluding carboxylic acids is 1. The first-order valence-corrected chi connectivity index (χ1v) is 12.7. The second-order valence-corrected chi connectivity index (χ2v) is 8.24. The summed E-state index contributed by atoms with van der Waals surface area (Å²) in [6.45, 7) is 15.0. The fraction of sp³-hybridized carbons (Fsp3) is 0.731. The van der Waals surface area contributed by atoms with Gasteiger partial charge in [-0.1, -0.05) is 78.0 Å². The van der Waals surface area contributed by atoms with Crippen LogP contribution in [-0.4, -0.2) is 48.4 Å². The third-order valence-electron chi connectivity index (χ3n) is 5.95. The number of piperidine rings is 1. The molecule has 0 aromatic heterocycles. The van der Waals surface area contributed by atoms with Gasteiger partial charge >= 0.3 is 0 Å². The molecule has 1 aliphatic heterocycles. The van der Waals surface area contributed by atoms with Gasteiger partial charge in [-0.3, -0.25) is 4.79 Å². The van der Waals surface area contributed by atoms with Gasteiger partial charge in [-0.25, -0.2) is 4.39 Å². The van der Waals surface area contributed by atoms with Crippen LogP contribution in [0.4, 0.5) is 4.39 Å². The molecule has 0 atom stereocenters. The van der Waals surface area contributed by atoms with Crippen molar-refractivity contribution in [3.05, 3.63) is 34.6 Å². The Kier molecular flexibility index (Phi) is 16.8. The Morgan fingerprint density at radius 2 is 1.68 bits per heavy atom. The lowest BCUT2D eigenvalue weighted by molar-refractivity contribution is -0.133. The molecule has 31 heavy (non-hydrogen) atoms. The molecule has 0 spiro atoms. The first kappa shape index (κ1) is 29.9. The van der Waals surface area contributed by atoms with E-state index in [-0.39, 0.29) is 18.1 Å². The van der Waals surface area contributed by atoms with Gasteiger partial charge in [-0.05, 0) is 63.5 Å². The Hall–Kier alpha value is -1.13. The largest absolute Gasteiger partial charge is 0.340 e. The van der Waals surface area contributed by atoms with Crippen LogP contribution < -0.4 is 0 Å². The Morgan fingerprint density at radius 3 is 2.06 bits per heavy atom. The Labute approximate surface area is 196 Å². The molecule has 1 aliphatic carbocycles. The topological polar surface area (TPSA) is 23.6 Å². The smallest absolute Gasteiger partial charge is 0.227 e. The number of rotatable bonds is 5. The summed E-state index contributed by atoms with van der Waals surface area (Å²) in [4.78, 5) is 16.7. The van der Waals surface area contributed by atoms with Crippen LogP contribution in [0.3, 0.4) is 0 Å². The normalized spacial score (nSPS) is 16.4. The highest BCUT2D eigenvalue weighted by Gasteiger charge is 2.26. The third kappa shape index (κ3) is 10.8. The van der Waals surface area contributed by atoms with Crippen LogP contribution in [0.1, 0.15) is 85.6 Å². The van der Waals surface area contributed by atoms with Crippen molar-refractivity contribution in [3.63, 3.8) is 0 Å². The van der Waals surface area contributed by atoms with Crippen molar-refractivity contribution in [2.45, 2.75) is 92.5 Å². The molecule has 180 valence electrons. The molecule has 2 aliphatic rings. The summed E-state index contributed by atoms with van der Waals surface area (Å²) in [6.07, 6.45) is 8.19. The van der Waals surface area contributed by atoms with Crippen molar-refractivity contribution < 1.29 is 9.18 Å². The summed E-state index contributed by atoms with van der Waals surface area (Å²) in [5.41, 5.74) is 0.689. The third-order valence-corrected chi connectivity index (χ3v) is 6.30. The molecular weight excluding hydrogens is 411 g/mol. The zero-order chi connectivity index (χ0) is 23.8. The number of hydrogen-bond acceptors (Lipinski definition) is 2. The molecule has 0 radical (unpaired) electrons. The van der Waals surface area contributed by atoms with Gasteiger partial charge in [0.15, 0.2) is 0 Å². The summed E-state index contributed by atoms with van der Waals surface area (Å²) in [5.74, 6) is 0.810. The summed E-state index contributed by atoms with van der Waals surface area (Å²) in [6, 6.07) is 4.51. The van der Waals surface area contributed by atoms with E-state index in [4.69, 9.17) is 11.6 Å². The minimum atomic E-state index is -0.376. The number of carbonyl (C=O) groups is 1. The summed E-state index contributed by atoms with van der Waals surface area (Å²) >= 11 is 6.01. The molecule has 3 nitrogen and oxygen atoms in total. The maximum atomic E-state index is 13.1. The average Bonchev–Trinajstić information content (AvgIpc) is 2.75. The number of nitrogens with zero attached hydrogens (tertiary/aromatic N) is 2. The Balaban J connectivity index is 0.000000753. The predicted octanol–water partition coefficient (Wildman–Crippen LogP) is 7.21. The zero-order valence-corrected chi connectivity index (χ0v) is 21.8. The molecule has 1 saturated heterocycles. The molecule has 0 unspecified atom stereocenters. The molecule has 2 fully saturated rings. The first-order chi connectivity index (χ1) is 14.9. The van der Waals surface area contributed by atoms with Gasteiger partial charge in [0.25, 0.3) is 0 Å². The molecule has 1 aromatic carbocycles. The van der Waals surface area contributed by atoms with Gasteiger partial charge in [-0.2, -0.15) is 0 Å². The standard InChI is InChI=1S/C16H22ClFN2O.C6H12.2C2H6/c1-3-20(14-6-8-19(2)9-7-14)16(21)10-12-4-5-13(18)11-15(12)17;1-2-6-4-3-5-6;2*1-2/h4-5,11,14H,3,6-10H2,1-2H3;6H,2-5H2,1H3;2*1-2H3. The molecule has 5 heteroatoms. The SMILES string of the molecule is CC.CC.CCC1CCC1.CCN(C(=O)Cc1ccc(F)cc1Cl)C1CCN(C)CC1. The predicted molar refractivity (Wildman–Crippen MR) is 133 cm³/mol. The number of halogens is 2. The fourth-order valence-corrected chi connectivity index (χ4v) is 4.01. The molecule has 1 heterocycles. The fourth-order valence-electron chi connectivity index (χ4n) is 3.78. The monoisotopic (exact) mass is 456 g/mol. The lowest BCUT2D eigenvalue weighted by Crippen LogP contribution is -2.47. The lowest BCUT2D eigenvalue weighted by Gasteiger charge is -2.37. The highest BCUT2D eigenvalue weighted by molar-refractivity contribution is 6.31. The minimum Gasteiger partial charge on any atom is -0.340 e. The Morgan fingerprint density at radius 1 is 1.10 bits per heavy atom. The molecule has 0 bridgehead atoms. The van der Waals surface area contributed by atoms with Crippen molar-refractivity contribution in [1.29, 1.82) is 0 Å². The van der Waals surface area contributed by atoms with Gasteiger partial charge < -0.3 is 9.80 Å². The van der Waals surface area contributed by atoms with Crippen molar-refractivity contribution in [2.24, 2.45) is 5.92 Å². The quantitative estimate of drug-likeness (QED) is 0.467. The van der Waals surface area contributed by atoms with E-state index in [1.54, 1.807) is 6.07 Å². The van der Waals surface area contributed by atoms with Crippen molar-refractivity contribution in [3.8, 4) is 0 Å². The van der Waals surface area contributed by atoms with Crippen LogP contribution in [0.2, 0.25) is 5.02 Å². The van der Waals surface area contributed by atoms with Gasteiger partial charge in [0, 0.05) is 17.6 Å². The van der Waals surface area contributed by atoms with E-state index in [1.807, 2.05) is 39.5 Å². The molecule has 3 rings (SSSR count). The number of likely N-dealkylation sites (N-methyl/N-ethyl adjacent to an activating group) is 1. The highest BCUT2D eigenvalue weighted by Crippen LogP contribution is 2.28. The van der Waals surface area contributed by atoms with E-state index < -0.39 is 0 Å². The lowest BCUT2D eigenvalue weighted by atomic mass is 9.84. The van der Waals surface area contributed by atoms with E-state index in [1.165, 1.54) is 37.8 Å². The molecule has 1 aromatic rings.